The molecule has 0 aromatic heterocycles. The molecular weight excluding hydrogens is 336 g/mol. The van der Waals surface area contributed by atoms with Gasteiger partial charge in [0, 0.05) is 17.7 Å². The maximum Gasteiger partial charge on any atom is 0.301 e. The van der Waals surface area contributed by atoms with Crippen LogP contribution in [0.4, 0.5) is 17.1 Å². The Bertz CT molecular complexity index is 684. The van der Waals surface area contributed by atoms with Gasteiger partial charge >= 0.3 is 5.69 Å². The first-order valence-corrected chi connectivity index (χ1v) is 9.23. The fourth-order valence-electron chi connectivity index (χ4n) is 3.81. The lowest BCUT2D eigenvalue weighted by Crippen LogP contribution is -2.25. The number of non-ortho nitro benzene ring substituents is 1. The molecule has 142 valence electrons. The number of nitro groups is 2. The highest BCUT2D eigenvalue weighted by molar-refractivity contribution is 5.87. The summed E-state index contributed by atoms with van der Waals surface area (Å²) in [6.07, 6.45) is 7.95. The van der Waals surface area contributed by atoms with Crippen LogP contribution in [-0.2, 0) is 0 Å². The van der Waals surface area contributed by atoms with Crippen LogP contribution in [0.3, 0.4) is 0 Å². The highest BCUT2D eigenvalue weighted by atomic mass is 16.6. The lowest BCUT2D eigenvalue weighted by molar-refractivity contribution is -0.393. The SMILES string of the molecule is CC/C(=N/Nc1ccc([N+](=O)[O-])cc1[N+](=O)[O-])[C@@H](CC)C1CCCCC1. The van der Waals surface area contributed by atoms with Gasteiger partial charge in [-0.3, -0.25) is 25.7 Å². The molecule has 0 unspecified atom stereocenters. The molecule has 1 N–H and O–H groups in total. The minimum Gasteiger partial charge on any atom is -0.272 e. The Labute approximate surface area is 153 Å². The molecule has 0 amide bonds. The second-order valence-electron chi connectivity index (χ2n) is 6.70. The van der Waals surface area contributed by atoms with Crippen LogP contribution in [-0.4, -0.2) is 15.6 Å². The zero-order valence-corrected chi connectivity index (χ0v) is 15.3. The summed E-state index contributed by atoms with van der Waals surface area (Å²) in [5.74, 6) is 0.978. The first kappa shape index (κ1) is 19.8. The van der Waals surface area contributed by atoms with E-state index in [0.29, 0.717) is 11.8 Å². The maximum absolute atomic E-state index is 11.2. The van der Waals surface area contributed by atoms with Gasteiger partial charge in [-0.15, -0.1) is 0 Å². The van der Waals surface area contributed by atoms with Crippen LogP contribution < -0.4 is 5.43 Å². The van der Waals surface area contributed by atoms with E-state index in [9.17, 15) is 20.2 Å². The van der Waals surface area contributed by atoms with Gasteiger partial charge in [0.15, 0.2) is 0 Å². The molecule has 0 heterocycles. The molecule has 1 aromatic carbocycles. The van der Waals surface area contributed by atoms with Crippen LogP contribution in [0.5, 0.6) is 0 Å². The van der Waals surface area contributed by atoms with Crippen LogP contribution in [0, 0.1) is 32.1 Å². The van der Waals surface area contributed by atoms with Crippen LogP contribution >= 0.6 is 0 Å². The topological polar surface area (TPSA) is 111 Å². The van der Waals surface area contributed by atoms with Crippen molar-refractivity contribution >= 4 is 22.8 Å². The summed E-state index contributed by atoms with van der Waals surface area (Å²) in [7, 11) is 0. The molecule has 1 fully saturated rings. The first-order valence-electron chi connectivity index (χ1n) is 9.23. The molecule has 1 atom stereocenters. The maximum atomic E-state index is 11.2. The summed E-state index contributed by atoms with van der Waals surface area (Å²) >= 11 is 0. The van der Waals surface area contributed by atoms with Gasteiger partial charge in [0.1, 0.15) is 5.69 Å². The highest BCUT2D eigenvalue weighted by Crippen LogP contribution is 2.34. The van der Waals surface area contributed by atoms with Crippen LogP contribution in [0.1, 0.15) is 58.8 Å². The van der Waals surface area contributed by atoms with E-state index in [2.05, 4.69) is 17.5 Å². The summed E-state index contributed by atoms with van der Waals surface area (Å²) in [6, 6.07) is 3.55. The largest absolute Gasteiger partial charge is 0.301 e. The predicted octanol–water partition coefficient (Wildman–Crippen LogP) is 5.29. The highest BCUT2D eigenvalue weighted by Gasteiger charge is 2.26. The molecule has 0 bridgehead atoms. The first-order chi connectivity index (χ1) is 12.5. The number of hydrogen-bond acceptors (Lipinski definition) is 6. The number of hydrogen-bond donors (Lipinski definition) is 1. The Balaban J connectivity index is 2.24. The third-order valence-corrected chi connectivity index (χ3v) is 5.16. The third kappa shape index (κ3) is 4.77. The molecule has 0 radical (unpaired) electrons. The number of nitrogens with one attached hydrogen (secondary N) is 1. The van der Waals surface area contributed by atoms with Crippen molar-refractivity contribution in [2.24, 2.45) is 16.9 Å². The third-order valence-electron chi connectivity index (χ3n) is 5.16. The van der Waals surface area contributed by atoms with E-state index >= 15 is 0 Å². The quantitative estimate of drug-likeness (QED) is 0.384. The second kappa shape index (κ2) is 9.26. The standard InChI is InChI=1S/C18H26N4O4/c1-3-15(13-8-6-5-7-9-13)16(4-2)19-20-17-11-10-14(21(23)24)12-18(17)22(25)26/h10-13,15,20H,3-9H2,1-2H3/b19-16-/t15-/m0/s1. The molecule has 1 aliphatic rings. The van der Waals surface area contributed by atoms with Crippen molar-refractivity contribution < 1.29 is 9.85 Å². The van der Waals surface area contributed by atoms with E-state index in [0.717, 1.165) is 24.6 Å². The summed E-state index contributed by atoms with van der Waals surface area (Å²) in [5, 5.41) is 26.5. The Morgan fingerprint density at radius 3 is 2.42 bits per heavy atom. The van der Waals surface area contributed by atoms with Gasteiger partial charge in [0.2, 0.25) is 0 Å². The van der Waals surface area contributed by atoms with Crippen LogP contribution in [0.15, 0.2) is 23.3 Å². The average molecular weight is 362 g/mol. The van der Waals surface area contributed by atoms with Crippen molar-refractivity contribution in [2.75, 3.05) is 5.43 Å². The van der Waals surface area contributed by atoms with Gasteiger partial charge < -0.3 is 0 Å². The van der Waals surface area contributed by atoms with Crippen molar-refractivity contribution in [1.82, 2.24) is 0 Å². The summed E-state index contributed by atoms with van der Waals surface area (Å²) in [6.45, 7) is 4.19. The summed E-state index contributed by atoms with van der Waals surface area (Å²) in [5.41, 5.74) is 3.31. The number of hydrazone groups is 1. The van der Waals surface area contributed by atoms with Gasteiger partial charge in [-0.1, -0.05) is 33.1 Å². The second-order valence-corrected chi connectivity index (χ2v) is 6.70. The lowest BCUT2D eigenvalue weighted by atomic mass is 9.76. The molecular formula is C18H26N4O4. The minimum atomic E-state index is -0.645. The number of benzene rings is 1. The number of anilines is 1. The van der Waals surface area contributed by atoms with Crippen molar-refractivity contribution in [3.8, 4) is 0 Å². The van der Waals surface area contributed by atoms with Crippen LogP contribution in [0.25, 0.3) is 0 Å². The van der Waals surface area contributed by atoms with Gasteiger partial charge in [-0.05, 0) is 37.7 Å². The minimum absolute atomic E-state index is 0.171. The van der Waals surface area contributed by atoms with E-state index in [1.54, 1.807) is 0 Å². The Morgan fingerprint density at radius 1 is 1.19 bits per heavy atom. The number of nitro benzene ring substituents is 2. The molecule has 1 aliphatic carbocycles. The Hall–Kier alpha value is -2.51. The number of rotatable bonds is 8. The normalized spacial score (nSPS) is 16.9. The Kier molecular flexibility index (Phi) is 7.06. The van der Waals surface area contributed by atoms with Crippen molar-refractivity contribution in [1.29, 1.82) is 0 Å². The van der Waals surface area contributed by atoms with Crippen molar-refractivity contribution in [3.05, 3.63) is 38.4 Å². The van der Waals surface area contributed by atoms with Crippen molar-refractivity contribution in [2.45, 2.75) is 58.8 Å². The van der Waals surface area contributed by atoms with Crippen LogP contribution in [0.2, 0.25) is 0 Å². The monoisotopic (exact) mass is 362 g/mol. The lowest BCUT2D eigenvalue weighted by Gasteiger charge is -2.30. The van der Waals surface area contributed by atoms with E-state index in [1.807, 2.05) is 6.92 Å². The molecule has 2 rings (SSSR count). The van der Waals surface area contributed by atoms with Gasteiger partial charge in [0.05, 0.1) is 15.9 Å². The van der Waals surface area contributed by atoms with Gasteiger partial charge in [-0.25, -0.2) is 0 Å². The molecule has 0 spiro atoms. The summed E-state index contributed by atoms with van der Waals surface area (Å²) < 4.78 is 0. The molecule has 8 nitrogen and oxygen atoms in total. The van der Waals surface area contributed by atoms with Gasteiger partial charge in [0.25, 0.3) is 5.69 Å². The van der Waals surface area contributed by atoms with E-state index < -0.39 is 9.85 Å². The van der Waals surface area contributed by atoms with Crippen molar-refractivity contribution in [3.63, 3.8) is 0 Å². The fourth-order valence-corrected chi connectivity index (χ4v) is 3.81. The molecule has 1 saturated carbocycles. The fraction of sp³-hybridized carbons (Fsp3) is 0.611. The van der Waals surface area contributed by atoms with E-state index in [-0.39, 0.29) is 17.1 Å². The Morgan fingerprint density at radius 2 is 1.88 bits per heavy atom. The zero-order valence-electron chi connectivity index (χ0n) is 15.3. The predicted molar refractivity (Wildman–Crippen MR) is 101 cm³/mol. The number of nitrogens with zero attached hydrogens (tertiary/aromatic N) is 3. The molecule has 1 aromatic rings. The zero-order chi connectivity index (χ0) is 19.1. The van der Waals surface area contributed by atoms with E-state index in [4.69, 9.17) is 0 Å². The van der Waals surface area contributed by atoms with Gasteiger partial charge in [-0.2, -0.15) is 5.10 Å². The average Bonchev–Trinajstić information content (AvgIpc) is 2.65. The molecule has 0 saturated heterocycles. The summed E-state index contributed by atoms with van der Waals surface area (Å²) in [4.78, 5) is 20.8. The molecule has 8 heteroatoms. The molecule has 0 aliphatic heterocycles. The molecule has 26 heavy (non-hydrogen) atoms. The smallest absolute Gasteiger partial charge is 0.272 e. The van der Waals surface area contributed by atoms with E-state index in [1.165, 1.54) is 44.2 Å².